The zero-order valence-corrected chi connectivity index (χ0v) is 14.7. The summed E-state index contributed by atoms with van der Waals surface area (Å²) >= 11 is 0. The smallest absolute Gasteiger partial charge is 0.229 e. The molecule has 0 unspecified atom stereocenters. The maximum Gasteiger partial charge on any atom is 0.229 e. The maximum atomic E-state index is 12.8. The number of morpholine rings is 1. The molecule has 2 saturated heterocycles. The lowest BCUT2D eigenvalue weighted by Gasteiger charge is -2.44. The van der Waals surface area contributed by atoms with Crippen molar-refractivity contribution < 1.29 is 19.1 Å². The average Bonchev–Trinajstić information content (AvgIpc) is 2.92. The summed E-state index contributed by atoms with van der Waals surface area (Å²) in [4.78, 5) is 39.2. The van der Waals surface area contributed by atoms with Crippen molar-refractivity contribution in [2.24, 2.45) is 0 Å². The largest absolute Gasteiger partial charge is 0.369 e. The number of carbonyl (C=O) groups excluding carboxylic acids is 3. The van der Waals surface area contributed by atoms with Crippen LogP contribution < -0.4 is 0 Å². The number of nitrogens with zero attached hydrogens (tertiary/aromatic N) is 2. The van der Waals surface area contributed by atoms with Crippen LogP contribution in [0, 0.1) is 0 Å². The minimum Gasteiger partial charge on any atom is -0.369 e. The SMILES string of the molecule is C[C@@H]1CO[C@@H](c2ccccc2)[C@@H](C)N1C(=O)CCN1C(=O)CCC1=O. The van der Waals surface area contributed by atoms with Crippen molar-refractivity contribution in [3.63, 3.8) is 0 Å². The number of imide groups is 1. The molecule has 0 saturated carbocycles. The van der Waals surface area contributed by atoms with Crippen LogP contribution in [-0.2, 0) is 19.1 Å². The molecular formula is C19H24N2O4. The molecule has 0 aliphatic carbocycles. The Hall–Kier alpha value is -2.21. The van der Waals surface area contributed by atoms with Gasteiger partial charge in [-0.25, -0.2) is 0 Å². The molecular weight excluding hydrogens is 320 g/mol. The Morgan fingerprint density at radius 3 is 2.40 bits per heavy atom. The van der Waals surface area contributed by atoms with E-state index >= 15 is 0 Å². The number of amides is 3. The van der Waals surface area contributed by atoms with Gasteiger partial charge in [0, 0.05) is 25.8 Å². The third-order valence-electron chi connectivity index (χ3n) is 4.99. The highest BCUT2D eigenvalue weighted by Crippen LogP contribution is 2.31. The molecule has 2 aliphatic rings. The van der Waals surface area contributed by atoms with E-state index in [4.69, 9.17) is 4.74 Å². The van der Waals surface area contributed by atoms with E-state index in [2.05, 4.69) is 0 Å². The topological polar surface area (TPSA) is 66.9 Å². The van der Waals surface area contributed by atoms with Crippen molar-refractivity contribution in [3.8, 4) is 0 Å². The van der Waals surface area contributed by atoms with Crippen LogP contribution in [-0.4, -0.2) is 52.8 Å². The molecule has 0 radical (unpaired) electrons. The fraction of sp³-hybridized carbons (Fsp3) is 0.526. The number of likely N-dealkylation sites (tertiary alicyclic amines) is 1. The van der Waals surface area contributed by atoms with Crippen molar-refractivity contribution in [3.05, 3.63) is 35.9 Å². The zero-order valence-electron chi connectivity index (χ0n) is 14.7. The number of carbonyl (C=O) groups is 3. The summed E-state index contributed by atoms with van der Waals surface area (Å²) in [5.74, 6) is -0.400. The Morgan fingerprint density at radius 1 is 1.12 bits per heavy atom. The van der Waals surface area contributed by atoms with Gasteiger partial charge in [-0.15, -0.1) is 0 Å². The van der Waals surface area contributed by atoms with Crippen LogP contribution in [0.4, 0.5) is 0 Å². The Labute approximate surface area is 147 Å². The molecule has 1 aromatic carbocycles. The van der Waals surface area contributed by atoms with E-state index < -0.39 is 0 Å². The van der Waals surface area contributed by atoms with Crippen LogP contribution in [0.25, 0.3) is 0 Å². The summed E-state index contributed by atoms with van der Waals surface area (Å²) in [7, 11) is 0. The minimum absolute atomic E-state index is 0.0348. The van der Waals surface area contributed by atoms with Crippen molar-refractivity contribution in [2.45, 2.75) is 51.3 Å². The van der Waals surface area contributed by atoms with Crippen LogP contribution in [0.1, 0.15) is 44.8 Å². The van der Waals surface area contributed by atoms with Gasteiger partial charge in [0.15, 0.2) is 0 Å². The number of benzene rings is 1. The van der Waals surface area contributed by atoms with Gasteiger partial charge in [0.1, 0.15) is 6.10 Å². The highest BCUT2D eigenvalue weighted by Gasteiger charge is 2.37. The van der Waals surface area contributed by atoms with Gasteiger partial charge in [-0.1, -0.05) is 30.3 Å². The predicted octanol–water partition coefficient (Wildman–Crippen LogP) is 1.90. The first-order valence-electron chi connectivity index (χ1n) is 8.80. The first-order valence-corrected chi connectivity index (χ1v) is 8.80. The highest BCUT2D eigenvalue weighted by molar-refractivity contribution is 6.02. The molecule has 25 heavy (non-hydrogen) atoms. The van der Waals surface area contributed by atoms with Crippen LogP contribution in [0.5, 0.6) is 0 Å². The van der Waals surface area contributed by atoms with Gasteiger partial charge in [0.05, 0.1) is 18.7 Å². The average molecular weight is 344 g/mol. The van der Waals surface area contributed by atoms with E-state index in [1.165, 1.54) is 4.90 Å². The van der Waals surface area contributed by atoms with Crippen molar-refractivity contribution in [1.29, 1.82) is 0 Å². The summed E-state index contributed by atoms with van der Waals surface area (Å²) in [5.41, 5.74) is 1.05. The minimum atomic E-state index is -0.178. The molecule has 0 bridgehead atoms. The van der Waals surface area contributed by atoms with E-state index in [0.29, 0.717) is 6.61 Å². The van der Waals surface area contributed by atoms with E-state index in [1.807, 2.05) is 49.1 Å². The molecule has 3 rings (SSSR count). The molecule has 0 aromatic heterocycles. The molecule has 3 atom stereocenters. The zero-order chi connectivity index (χ0) is 18.0. The summed E-state index contributed by atoms with van der Waals surface area (Å²) in [5, 5.41) is 0. The predicted molar refractivity (Wildman–Crippen MR) is 91.5 cm³/mol. The van der Waals surface area contributed by atoms with Gasteiger partial charge >= 0.3 is 0 Å². The lowest BCUT2D eigenvalue weighted by Crippen LogP contribution is -2.54. The molecule has 2 heterocycles. The molecule has 0 N–H and O–H groups in total. The first kappa shape index (κ1) is 17.6. The second kappa shape index (κ2) is 7.35. The van der Waals surface area contributed by atoms with Crippen LogP contribution in [0.2, 0.25) is 0 Å². The van der Waals surface area contributed by atoms with Gasteiger partial charge in [0.25, 0.3) is 0 Å². The Bertz CT molecular complexity index is 645. The summed E-state index contributed by atoms with van der Waals surface area (Å²) < 4.78 is 5.97. The lowest BCUT2D eigenvalue weighted by atomic mass is 9.98. The van der Waals surface area contributed by atoms with Crippen molar-refractivity contribution in [2.75, 3.05) is 13.2 Å². The molecule has 2 fully saturated rings. The second-order valence-electron chi connectivity index (χ2n) is 6.74. The number of ether oxygens (including phenoxy) is 1. The van der Waals surface area contributed by atoms with Crippen molar-refractivity contribution >= 4 is 17.7 Å². The fourth-order valence-corrected chi connectivity index (χ4v) is 3.71. The summed E-state index contributed by atoms with van der Waals surface area (Å²) in [6, 6.07) is 9.73. The monoisotopic (exact) mass is 344 g/mol. The van der Waals surface area contributed by atoms with Gasteiger partial charge in [0.2, 0.25) is 17.7 Å². The standard InChI is InChI=1S/C19H24N2O4/c1-13-12-25-19(15-6-4-3-5-7-15)14(2)21(13)18(24)10-11-20-16(22)8-9-17(20)23/h3-7,13-14,19H,8-12H2,1-2H3/t13-,14-,19-/m1/s1. The van der Waals surface area contributed by atoms with E-state index in [9.17, 15) is 14.4 Å². The molecule has 134 valence electrons. The van der Waals surface area contributed by atoms with Crippen LogP contribution >= 0.6 is 0 Å². The van der Waals surface area contributed by atoms with Crippen molar-refractivity contribution in [1.82, 2.24) is 9.80 Å². The molecule has 2 aliphatic heterocycles. The number of hydrogen-bond acceptors (Lipinski definition) is 4. The molecule has 6 heteroatoms. The molecule has 1 aromatic rings. The van der Waals surface area contributed by atoms with Gasteiger partial charge in [-0.3, -0.25) is 19.3 Å². The van der Waals surface area contributed by atoms with Gasteiger partial charge in [-0.05, 0) is 19.4 Å². The Morgan fingerprint density at radius 2 is 1.76 bits per heavy atom. The fourth-order valence-electron chi connectivity index (χ4n) is 3.71. The Balaban J connectivity index is 1.67. The lowest BCUT2D eigenvalue weighted by molar-refractivity contribution is -0.154. The quantitative estimate of drug-likeness (QED) is 0.783. The summed E-state index contributed by atoms with van der Waals surface area (Å²) in [6.07, 6.45) is 0.505. The second-order valence-corrected chi connectivity index (χ2v) is 6.74. The van der Waals surface area contributed by atoms with Crippen LogP contribution in [0.3, 0.4) is 0 Å². The third kappa shape index (κ3) is 3.58. The van der Waals surface area contributed by atoms with Gasteiger partial charge < -0.3 is 9.64 Å². The van der Waals surface area contributed by atoms with E-state index in [0.717, 1.165) is 5.56 Å². The summed E-state index contributed by atoms with van der Waals surface area (Å²) in [6.45, 7) is 4.58. The first-order chi connectivity index (χ1) is 12.0. The van der Waals surface area contributed by atoms with E-state index in [1.54, 1.807) is 0 Å². The Kier molecular flexibility index (Phi) is 5.18. The number of hydrogen-bond donors (Lipinski definition) is 0. The maximum absolute atomic E-state index is 12.8. The highest BCUT2D eigenvalue weighted by atomic mass is 16.5. The molecule has 3 amide bonds. The normalized spacial score (nSPS) is 27.0. The van der Waals surface area contributed by atoms with Gasteiger partial charge in [-0.2, -0.15) is 0 Å². The van der Waals surface area contributed by atoms with E-state index in [-0.39, 0.29) is 61.7 Å². The molecule has 0 spiro atoms. The molecule has 6 nitrogen and oxygen atoms in total. The van der Waals surface area contributed by atoms with Crippen LogP contribution in [0.15, 0.2) is 30.3 Å². The number of rotatable bonds is 4. The third-order valence-corrected chi connectivity index (χ3v) is 4.99.